The number of carboxylic acids is 1. The average Bonchev–Trinajstić information content (AvgIpc) is 3.09. The Kier molecular flexibility index (Phi) is 5.65. The van der Waals surface area contributed by atoms with Gasteiger partial charge in [0.05, 0.1) is 25.4 Å². The van der Waals surface area contributed by atoms with E-state index in [4.69, 9.17) is 9.84 Å². The van der Waals surface area contributed by atoms with Gasteiger partial charge in [0, 0.05) is 29.2 Å². The molecule has 0 saturated carbocycles. The van der Waals surface area contributed by atoms with Crippen molar-refractivity contribution in [3.8, 4) is 11.5 Å². The summed E-state index contributed by atoms with van der Waals surface area (Å²) in [7, 11) is 1.42. The number of phenols is 1. The first-order chi connectivity index (χ1) is 17.1. The second-order valence-corrected chi connectivity index (χ2v) is 9.63. The van der Waals surface area contributed by atoms with Crippen LogP contribution in [0, 0.1) is 17.8 Å². The van der Waals surface area contributed by atoms with Crippen LogP contribution in [0.5, 0.6) is 11.5 Å². The van der Waals surface area contributed by atoms with Gasteiger partial charge in [-0.05, 0) is 49.5 Å². The van der Waals surface area contributed by atoms with Crippen molar-refractivity contribution in [2.75, 3.05) is 13.7 Å². The molecule has 2 amide bonds. The lowest BCUT2D eigenvalue weighted by molar-refractivity contribution is -0.142. The number of carboxylic acid groups (broad SMARTS) is 1. The Labute approximate surface area is 206 Å². The molecule has 1 saturated heterocycles. The van der Waals surface area contributed by atoms with E-state index in [2.05, 4.69) is 0 Å². The minimum absolute atomic E-state index is 0.123. The predicted octanol–water partition coefficient (Wildman–Crippen LogP) is 2.31. The van der Waals surface area contributed by atoms with Gasteiger partial charge >= 0.3 is 5.97 Å². The number of benzene rings is 1. The first-order valence-corrected chi connectivity index (χ1v) is 11.8. The number of carbonyl (C=O) groups excluding carboxylic acids is 4. The van der Waals surface area contributed by atoms with Crippen LogP contribution in [0.2, 0.25) is 0 Å². The normalized spacial score (nSPS) is 27.3. The topological polar surface area (TPSA) is 138 Å². The summed E-state index contributed by atoms with van der Waals surface area (Å²) in [4.78, 5) is 65.0. The van der Waals surface area contributed by atoms with Crippen molar-refractivity contribution in [2.45, 2.75) is 32.1 Å². The molecule has 5 rings (SSSR count). The number of allylic oxidation sites excluding steroid dienone is 6. The van der Waals surface area contributed by atoms with Crippen molar-refractivity contribution >= 4 is 29.4 Å². The first kappa shape index (κ1) is 23.7. The first-order valence-electron chi connectivity index (χ1n) is 11.8. The lowest BCUT2D eigenvalue weighted by Gasteiger charge is -2.42. The van der Waals surface area contributed by atoms with Gasteiger partial charge in [0.2, 0.25) is 11.8 Å². The van der Waals surface area contributed by atoms with E-state index in [-0.39, 0.29) is 48.9 Å². The van der Waals surface area contributed by atoms with E-state index in [9.17, 15) is 29.1 Å². The second-order valence-electron chi connectivity index (χ2n) is 9.63. The highest BCUT2D eigenvalue weighted by Gasteiger charge is 2.56. The van der Waals surface area contributed by atoms with E-state index >= 15 is 0 Å². The number of amides is 2. The molecule has 0 unspecified atom stereocenters. The van der Waals surface area contributed by atoms with Crippen molar-refractivity contribution in [1.82, 2.24) is 4.90 Å². The third-order valence-corrected chi connectivity index (χ3v) is 7.74. The van der Waals surface area contributed by atoms with Gasteiger partial charge in [0.15, 0.2) is 23.1 Å². The Bertz CT molecular complexity index is 1330. The number of methoxy groups -OCH3 is 1. The maximum absolute atomic E-state index is 13.4. The molecule has 1 heterocycles. The Morgan fingerprint density at radius 3 is 2.56 bits per heavy atom. The summed E-state index contributed by atoms with van der Waals surface area (Å²) < 4.78 is 5.15. The molecule has 2 N–H and O–H groups in total. The smallest absolute Gasteiger partial charge is 0.305 e. The van der Waals surface area contributed by atoms with Crippen LogP contribution in [-0.2, 0) is 24.0 Å². The van der Waals surface area contributed by atoms with Gasteiger partial charge in [-0.25, -0.2) is 0 Å². The number of Topliss-reactive ketones (excluding diaryl/α,β-unsaturated/α-hetero) is 1. The molecular formula is C27H25NO8. The number of fused-ring (bicyclic) bond motifs is 3. The highest BCUT2D eigenvalue weighted by Crippen LogP contribution is 2.55. The van der Waals surface area contributed by atoms with Crippen molar-refractivity contribution < 1.29 is 38.9 Å². The molecule has 4 atom stereocenters. The number of rotatable bonds is 5. The summed E-state index contributed by atoms with van der Waals surface area (Å²) in [5.41, 5.74) is 2.30. The summed E-state index contributed by atoms with van der Waals surface area (Å²) in [6.07, 6.45) is 3.26. The van der Waals surface area contributed by atoms with Crippen molar-refractivity contribution in [2.24, 2.45) is 17.8 Å². The highest BCUT2D eigenvalue weighted by atomic mass is 16.5. The van der Waals surface area contributed by atoms with Gasteiger partial charge in [-0.1, -0.05) is 17.7 Å². The summed E-state index contributed by atoms with van der Waals surface area (Å²) in [5.74, 6) is -4.95. The van der Waals surface area contributed by atoms with Crippen LogP contribution in [0.15, 0.2) is 52.6 Å². The maximum Gasteiger partial charge on any atom is 0.305 e. The van der Waals surface area contributed by atoms with Crippen LogP contribution >= 0.6 is 0 Å². The molecule has 3 aliphatic carbocycles. The number of carbonyl (C=O) groups is 5. The zero-order chi connectivity index (χ0) is 25.9. The lowest BCUT2D eigenvalue weighted by atomic mass is 9.59. The van der Waals surface area contributed by atoms with Gasteiger partial charge in [0.25, 0.3) is 0 Å². The molecule has 0 spiro atoms. The second kappa shape index (κ2) is 8.58. The minimum Gasteiger partial charge on any atom is -0.504 e. The molecule has 1 aromatic carbocycles. The molecule has 186 valence electrons. The SMILES string of the molecule is COc1ccc([C@H]2C3=CC[C@@H]4C(=O)N(CCC(=O)O)C(=O)[C@@H]4[C@@H]3CC3=C2C(=O)C=C(C)C3=O)cc1O. The van der Waals surface area contributed by atoms with E-state index in [0.29, 0.717) is 22.3 Å². The molecule has 1 aromatic rings. The molecule has 0 bridgehead atoms. The largest absolute Gasteiger partial charge is 0.504 e. The maximum atomic E-state index is 13.4. The number of imide groups is 1. The number of hydrogen-bond acceptors (Lipinski definition) is 7. The van der Waals surface area contributed by atoms with Crippen LogP contribution in [0.4, 0.5) is 0 Å². The highest BCUT2D eigenvalue weighted by molar-refractivity contribution is 6.23. The Morgan fingerprint density at radius 1 is 1.14 bits per heavy atom. The monoisotopic (exact) mass is 491 g/mol. The molecule has 0 aromatic heterocycles. The van der Waals surface area contributed by atoms with E-state index in [0.717, 1.165) is 10.5 Å². The summed E-state index contributed by atoms with van der Waals surface area (Å²) >= 11 is 0. The fraction of sp³-hybridized carbons (Fsp3) is 0.370. The Hall–Kier alpha value is -4.01. The molecular weight excluding hydrogens is 466 g/mol. The number of phenolic OH excluding ortho intramolecular Hbond substituents is 1. The van der Waals surface area contributed by atoms with Crippen molar-refractivity contribution in [1.29, 1.82) is 0 Å². The van der Waals surface area contributed by atoms with E-state index in [1.807, 2.05) is 6.08 Å². The van der Waals surface area contributed by atoms with Crippen LogP contribution in [-0.4, -0.2) is 58.1 Å². The van der Waals surface area contributed by atoms with E-state index in [1.165, 1.54) is 19.3 Å². The van der Waals surface area contributed by atoms with Crippen LogP contribution in [0.25, 0.3) is 0 Å². The quantitative estimate of drug-likeness (QED) is 0.364. The van der Waals surface area contributed by atoms with Crippen LogP contribution < -0.4 is 4.74 Å². The molecule has 1 fully saturated rings. The zero-order valence-corrected chi connectivity index (χ0v) is 19.8. The molecule has 9 heteroatoms. The molecule has 1 aliphatic heterocycles. The number of ether oxygens (including phenoxy) is 1. The Morgan fingerprint density at radius 2 is 1.89 bits per heavy atom. The summed E-state index contributed by atoms with van der Waals surface area (Å²) in [5, 5.41) is 19.5. The van der Waals surface area contributed by atoms with Crippen LogP contribution in [0.3, 0.4) is 0 Å². The molecule has 36 heavy (non-hydrogen) atoms. The third-order valence-electron chi connectivity index (χ3n) is 7.74. The van der Waals surface area contributed by atoms with Crippen molar-refractivity contribution in [3.63, 3.8) is 0 Å². The zero-order valence-electron chi connectivity index (χ0n) is 19.8. The summed E-state index contributed by atoms with van der Waals surface area (Å²) in [6.45, 7) is 1.37. The minimum atomic E-state index is -1.11. The number of hydrogen-bond donors (Lipinski definition) is 2. The number of nitrogens with zero attached hydrogens (tertiary/aromatic N) is 1. The number of aliphatic carboxylic acids is 1. The molecule has 4 aliphatic rings. The lowest BCUT2D eigenvalue weighted by Crippen LogP contribution is -2.40. The van der Waals surface area contributed by atoms with E-state index in [1.54, 1.807) is 19.1 Å². The van der Waals surface area contributed by atoms with Gasteiger partial charge in [-0.15, -0.1) is 0 Å². The van der Waals surface area contributed by atoms with Gasteiger partial charge in [-0.2, -0.15) is 0 Å². The predicted molar refractivity (Wildman–Crippen MR) is 125 cm³/mol. The summed E-state index contributed by atoms with van der Waals surface area (Å²) in [6, 6.07) is 4.79. The van der Waals surface area contributed by atoms with Crippen molar-refractivity contribution in [3.05, 3.63) is 58.2 Å². The van der Waals surface area contributed by atoms with Gasteiger partial charge in [-0.3, -0.25) is 28.9 Å². The van der Waals surface area contributed by atoms with Gasteiger partial charge < -0.3 is 14.9 Å². The average molecular weight is 491 g/mol. The number of aromatic hydroxyl groups is 1. The van der Waals surface area contributed by atoms with Gasteiger partial charge in [0.1, 0.15) is 0 Å². The number of likely N-dealkylation sites (tertiary alicyclic amines) is 1. The number of ketones is 2. The fourth-order valence-corrected chi connectivity index (χ4v) is 6.14. The van der Waals surface area contributed by atoms with Crippen LogP contribution in [0.1, 0.15) is 37.7 Å². The Balaban J connectivity index is 1.62. The molecule has 9 nitrogen and oxygen atoms in total. The standard InChI is InChI=1S/C27H25NO8/c1-12-9-19(30)24-17(25(12)33)11-16-14(22(24)13-3-6-20(36-2)18(29)10-13)4-5-15-23(16)27(35)28(26(15)34)8-7-21(31)32/h3-4,6,9-10,15-16,22-23,29H,5,7-8,11H2,1-2H3,(H,31,32)/t15-,16+,22-,23-/m0/s1. The fourth-order valence-electron chi connectivity index (χ4n) is 6.14. The third kappa shape index (κ3) is 3.49. The van der Waals surface area contributed by atoms with E-state index < -0.39 is 41.5 Å². The molecule has 0 radical (unpaired) electrons.